The summed E-state index contributed by atoms with van der Waals surface area (Å²) in [5, 5.41) is 22.1. The van der Waals surface area contributed by atoms with Gasteiger partial charge in [0.1, 0.15) is 23.7 Å². The number of aliphatic hydroxyl groups excluding tert-OH is 1. The van der Waals surface area contributed by atoms with Gasteiger partial charge in [0.05, 0.1) is 24.9 Å². The zero-order valence-electron chi connectivity index (χ0n) is 20.1. The molecule has 1 saturated heterocycles. The number of nitriles is 1. The Morgan fingerprint density at radius 2 is 2.11 bits per heavy atom. The number of anilines is 2. The fourth-order valence-electron chi connectivity index (χ4n) is 3.84. The van der Waals surface area contributed by atoms with Gasteiger partial charge in [0, 0.05) is 30.8 Å². The van der Waals surface area contributed by atoms with Crippen LogP contribution in [0.2, 0.25) is 0 Å². The van der Waals surface area contributed by atoms with E-state index < -0.39 is 30.6 Å². The Balaban J connectivity index is 1.51. The van der Waals surface area contributed by atoms with Gasteiger partial charge in [-0.2, -0.15) is 10.2 Å². The number of likely N-dealkylation sites (tertiary alicyclic amines) is 1. The van der Waals surface area contributed by atoms with Crippen LogP contribution in [0, 0.1) is 11.3 Å². The average Bonchev–Trinajstić information content (AvgIpc) is 2.89. The van der Waals surface area contributed by atoms with Gasteiger partial charge in [-0.1, -0.05) is 6.07 Å². The molecule has 1 amide bonds. The number of halogens is 2. The lowest BCUT2D eigenvalue weighted by atomic mass is 10.0. The molecule has 2 aromatic heterocycles. The molecule has 2 N–H and O–H groups in total. The molecular weight excluding hydrogens is 486 g/mol. The Kier molecular flexibility index (Phi) is 7.45. The van der Waals surface area contributed by atoms with Gasteiger partial charge in [0.15, 0.2) is 6.10 Å². The predicted octanol–water partition coefficient (Wildman–Crippen LogP) is 3.16. The number of nitrogens with one attached hydrogen (secondary N) is 1. The van der Waals surface area contributed by atoms with Crippen LogP contribution in [0.15, 0.2) is 48.7 Å². The highest BCUT2D eigenvalue weighted by Gasteiger charge is 2.48. The van der Waals surface area contributed by atoms with Gasteiger partial charge in [0.2, 0.25) is 11.8 Å². The zero-order chi connectivity index (χ0) is 26.6. The number of nitrogens with zero attached hydrogens (tertiary/aromatic N) is 5. The second-order valence-corrected chi connectivity index (χ2v) is 8.37. The van der Waals surface area contributed by atoms with Crippen LogP contribution in [0.3, 0.4) is 0 Å². The van der Waals surface area contributed by atoms with Gasteiger partial charge in [0.25, 0.3) is 5.91 Å². The molecule has 3 heterocycles. The molecule has 10 nitrogen and oxygen atoms in total. The fourth-order valence-corrected chi connectivity index (χ4v) is 3.84. The SMILES string of the molecule is COc1cccc(Nc2nccc(-c3ccc(OC4CCN(C(=O)[C@H](C)O)CC4(F)F)c(C#N)c3)n2)n1. The molecular formula is C25H24F2N6O4. The number of carbonyl (C=O) groups excluding carboxylic acids is 1. The number of alkyl halides is 2. The van der Waals surface area contributed by atoms with Crippen molar-refractivity contribution in [2.24, 2.45) is 0 Å². The monoisotopic (exact) mass is 510 g/mol. The molecule has 192 valence electrons. The van der Waals surface area contributed by atoms with Crippen molar-refractivity contribution in [3.05, 3.63) is 54.2 Å². The third-order valence-corrected chi connectivity index (χ3v) is 5.70. The maximum Gasteiger partial charge on any atom is 0.301 e. The van der Waals surface area contributed by atoms with Crippen molar-refractivity contribution >= 4 is 17.7 Å². The summed E-state index contributed by atoms with van der Waals surface area (Å²) >= 11 is 0. The zero-order valence-corrected chi connectivity index (χ0v) is 20.1. The molecule has 2 atom stereocenters. The highest BCUT2D eigenvalue weighted by molar-refractivity contribution is 5.80. The Labute approximate surface area is 211 Å². The smallest absolute Gasteiger partial charge is 0.301 e. The minimum absolute atomic E-state index is 0.000729. The van der Waals surface area contributed by atoms with Crippen molar-refractivity contribution in [2.45, 2.75) is 31.5 Å². The summed E-state index contributed by atoms with van der Waals surface area (Å²) in [6, 6.07) is 13.3. The lowest BCUT2D eigenvalue weighted by Crippen LogP contribution is -2.56. The number of aliphatic hydroxyl groups is 1. The van der Waals surface area contributed by atoms with E-state index in [0.717, 1.165) is 4.90 Å². The molecule has 4 rings (SSSR count). The van der Waals surface area contributed by atoms with E-state index in [0.29, 0.717) is 23.0 Å². The summed E-state index contributed by atoms with van der Waals surface area (Å²) in [5.41, 5.74) is 1.09. The molecule has 0 aliphatic carbocycles. The van der Waals surface area contributed by atoms with Gasteiger partial charge in [-0.15, -0.1) is 0 Å². The Bertz CT molecular complexity index is 1330. The average molecular weight is 511 g/mol. The molecule has 1 aromatic carbocycles. The summed E-state index contributed by atoms with van der Waals surface area (Å²) in [5.74, 6) is -2.98. The molecule has 0 radical (unpaired) electrons. The van der Waals surface area contributed by atoms with E-state index in [1.165, 1.54) is 32.4 Å². The minimum Gasteiger partial charge on any atom is -0.483 e. The molecule has 1 aliphatic rings. The highest BCUT2D eigenvalue weighted by atomic mass is 19.3. The second-order valence-electron chi connectivity index (χ2n) is 8.37. The molecule has 0 bridgehead atoms. The molecule has 37 heavy (non-hydrogen) atoms. The number of piperidine rings is 1. The van der Waals surface area contributed by atoms with Crippen molar-refractivity contribution < 1.29 is 28.2 Å². The number of methoxy groups -OCH3 is 1. The number of carbonyl (C=O) groups is 1. The standard InChI is InChI=1S/C25H24F2N6O4/c1-15(34)23(35)33-11-9-20(25(26,27)14-33)37-19-7-6-16(12-17(19)13-28)18-8-10-29-24(30-18)32-21-4-3-5-22(31-21)36-2/h3-8,10,12,15,20,34H,9,11,14H2,1-2H3,(H,29,30,31,32)/t15-,20?/m0/s1. The van der Waals surface area contributed by atoms with E-state index in [2.05, 4.69) is 20.3 Å². The van der Waals surface area contributed by atoms with E-state index in [-0.39, 0.29) is 30.2 Å². The lowest BCUT2D eigenvalue weighted by molar-refractivity contribution is -0.165. The largest absolute Gasteiger partial charge is 0.483 e. The summed E-state index contributed by atoms with van der Waals surface area (Å²) < 4.78 is 40.2. The van der Waals surface area contributed by atoms with Crippen molar-refractivity contribution in [1.29, 1.82) is 5.26 Å². The van der Waals surface area contributed by atoms with E-state index in [1.807, 2.05) is 6.07 Å². The van der Waals surface area contributed by atoms with Gasteiger partial charge in [-0.05, 0) is 37.3 Å². The maximum absolute atomic E-state index is 14.8. The number of ether oxygens (including phenoxy) is 2. The number of rotatable bonds is 7. The molecule has 0 saturated carbocycles. The first-order valence-electron chi connectivity index (χ1n) is 11.4. The summed E-state index contributed by atoms with van der Waals surface area (Å²) in [6.45, 7) is 0.360. The Hall–Kier alpha value is -4.37. The van der Waals surface area contributed by atoms with Crippen LogP contribution in [0.5, 0.6) is 11.6 Å². The molecule has 12 heteroatoms. The molecule has 1 unspecified atom stereocenters. The first kappa shape index (κ1) is 25.7. The number of aromatic nitrogens is 3. The molecule has 1 fully saturated rings. The number of pyridine rings is 1. The maximum atomic E-state index is 14.8. The van der Waals surface area contributed by atoms with Gasteiger partial charge in [-0.3, -0.25) is 4.79 Å². The topological polar surface area (TPSA) is 133 Å². The van der Waals surface area contributed by atoms with E-state index in [1.54, 1.807) is 30.3 Å². The lowest BCUT2D eigenvalue weighted by Gasteiger charge is -2.38. The fraction of sp³-hybridized carbons (Fsp3) is 0.320. The molecule has 1 aliphatic heterocycles. The Morgan fingerprint density at radius 3 is 2.81 bits per heavy atom. The van der Waals surface area contributed by atoms with Crippen LogP contribution < -0.4 is 14.8 Å². The van der Waals surface area contributed by atoms with Gasteiger partial charge >= 0.3 is 5.92 Å². The number of hydrogen-bond donors (Lipinski definition) is 2. The first-order valence-corrected chi connectivity index (χ1v) is 11.4. The predicted molar refractivity (Wildman–Crippen MR) is 128 cm³/mol. The third-order valence-electron chi connectivity index (χ3n) is 5.70. The summed E-state index contributed by atoms with van der Waals surface area (Å²) in [4.78, 5) is 25.7. The van der Waals surface area contributed by atoms with Crippen LogP contribution in [0.1, 0.15) is 18.9 Å². The highest BCUT2D eigenvalue weighted by Crippen LogP contribution is 2.34. The van der Waals surface area contributed by atoms with Crippen LogP contribution in [0.4, 0.5) is 20.5 Å². The second kappa shape index (κ2) is 10.7. The summed E-state index contributed by atoms with van der Waals surface area (Å²) in [7, 11) is 1.51. The van der Waals surface area contributed by atoms with Crippen LogP contribution in [-0.4, -0.2) is 69.2 Å². The van der Waals surface area contributed by atoms with Crippen LogP contribution >= 0.6 is 0 Å². The van der Waals surface area contributed by atoms with Crippen molar-refractivity contribution in [1.82, 2.24) is 19.9 Å². The summed E-state index contributed by atoms with van der Waals surface area (Å²) in [6.07, 6.45) is -1.52. The third kappa shape index (κ3) is 5.90. The Morgan fingerprint density at radius 1 is 1.30 bits per heavy atom. The van der Waals surface area contributed by atoms with Crippen molar-refractivity contribution in [3.8, 4) is 29.0 Å². The molecule has 3 aromatic rings. The number of hydrogen-bond acceptors (Lipinski definition) is 9. The van der Waals surface area contributed by atoms with Crippen LogP contribution in [0.25, 0.3) is 11.3 Å². The number of benzene rings is 1. The van der Waals surface area contributed by atoms with Gasteiger partial charge < -0.3 is 24.8 Å². The quantitative estimate of drug-likeness (QED) is 0.492. The first-order chi connectivity index (χ1) is 17.7. The van der Waals surface area contributed by atoms with Crippen LogP contribution in [-0.2, 0) is 4.79 Å². The van der Waals surface area contributed by atoms with E-state index in [4.69, 9.17) is 9.47 Å². The van der Waals surface area contributed by atoms with Gasteiger partial charge in [-0.25, -0.2) is 18.7 Å². The van der Waals surface area contributed by atoms with E-state index in [9.17, 15) is 23.9 Å². The normalized spacial score (nSPS) is 17.4. The van der Waals surface area contributed by atoms with Crippen molar-refractivity contribution in [3.63, 3.8) is 0 Å². The molecule has 0 spiro atoms. The number of amides is 1. The van der Waals surface area contributed by atoms with Crippen molar-refractivity contribution in [2.75, 3.05) is 25.5 Å². The minimum atomic E-state index is -3.37. The van der Waals surface area contributed by atoms with E-state index >= 15 is 0 Å².